The number of hydrogen-bond acceptors (Lipinski definition) is 7. The van der Waals surface area contributed by atoms with E-state index in [0.717, 1.165) is 41.8 Å². The number of carbonyl (C=O) groups excluding carboxylic acids is 1. The van der Waals surface area contributed by atoms with E-state index in [2.05, 4.69) is 32.5 Å². The number of benzene rings is 1. The molecule has 6 nitrogen and oxygen atoms in total. The van der Waals surface area contributed by atoms with Gasteiger partial charge in [0.25, 0.3) is 5.91 Å². The van der Waals surface area contributed by atoms with Gasteiger partial charge in [0.2, 0.25) is 0 Å². The maximum atomic E-state index is 12.8. The maximum Gasteiger partial charge on any atom is 0.251 e. The van der Waals surface area contributed by atoms with E-state index < -0.39 is 0 Å². The minimum atomic E-state index is 0.0420. The van der Waals surface area contributed by atoms with Crippen LogP contribution in [0.1, 0.15) is 30.1 Å². The summed E-state index contributed by atoms with van der Waals surface area (Å²) in [5.41, 5.74) is 0.732. The van der Waals surface area contributed by atoms with Crippen LogP contribution in [0.5, 0.6) is 0 Å². The van der Waals surface area contributed by atoms with Crippen molar-refractivity contribution >= 4 is 34.2 Å². The number of piperidine rings is 3. The zero-order valence-corrected chi connectivity index (χ0v) is 18.9. The van der Waals surface area contributed by atoms with E-state index in [-0.39, 0.29) is 11.9 Å². The van der Waals surface area contributed by atoms with Crippen molar-refractivity contribution in [2.45, 2.75) is 41.8 Å². The summed E-state index contributed by atoms with van der Waals surface area (Å²) in [4.78, 5) is 18.7. The van der Waals surface area contributed by atoms with Crippen LogP contribution in [0.4, 0.5) is 5.00 Å². The van der Waals surface area contributed by atoms with Crippen molar-refractivity contribution in [1.82, 2.24) is 14.6 Å². The molecule has 160 valence electrons. The van der Waals surface area contributed by atoms with Crippen LogP contribution in [0.3, 0.4) is 0 Å². The van der Waals surface area contributed by atoms with E-state index in [9.17, 15) is 4.79 Å². The predicted molar refractivity (Wildman–Crippen MR) is 121 cm³/mol. The molecule has 5 heterocycles. The number of nitrogens with one attached hydrogen (secondary N) is 1. The van der Waals surface area contributed by atoms with Crippen molar-refractivity contribution in [1.29, 1.82) is 0 Å². The van der Waals surface area contributed by atoms with Crippen molar-refractivity contribution in [2.75, 3.05) is 44.3 Å². The monoisotopic (exact) mass is 444 g/mol. The first kappa shape index (κ1) is 20.3. The fraction of sp³-hybridized carbons (Fsp3) is 0.545. The third kappa shape index (κ3) is 4.23. The Labute approximate surface area is 186 Å². The fourth-order valence-corrected chi connectivity index (χ4v) is 6.52. The third-order valence-electron chi connectivity index (χ3n) is 6.61. The van der Waals surface area contributed by atoms with Gasteiger partial charge in [-0.3, -0.25) is 9.69 Å². The Kier molecular flexibility index (Phi) is 6.00. The number of hydrogen-bond donors (Lipinski definition) is 1. The molecule has 4 aliphatic rings. The number of amides is 1. The molecule has 2 atom stereocenters. The first-order chi connectivity index (χ1) is 14.7. The molecule has 0 radical (unpaired) electrons. The van der Waals surface area contributed by atoms with E-state index >= 15 is 0 Å². The minimum absolute atomic E-state index is 0.0420. The summed E-state index contributed by atoms with van der Waals surface area (Å²) < 4.78 is 10.0. The summed E-state index contributed by atoms with van der Waals surface area (Å²) in [7, 11) is 0. The molecule has 4 aliphatic heterocycles. The normalized spacial score (nSPS) is 28.5. The average Bonchev–Trinajstić information content (AvgIpc) is 3.26. The van der Waals surface area contributed by atoms with E-state index in [1.165, 1.54) is 30.9 Å². The van der Waals surface area contributed by atoms with E-state index in [1.54, 1.807) is 23.3 Å². The average molecular weight is 445 g/mol. The fourth-order valence-electron chi connectivity index (χ4n) is 4.81. The van der Waals surface area contributed by atoms with Crippen LogP contribution in [0.25, 0.3) is 0 Å². The Bertz CT molecular complexity index is 872. The number of anilines is 1. The predicted octanol–water partition coefficient (Wildman–Crippen LogP) is 3.34. The van der Waals surface area contributed by atoms with Gasteiger partial charge < -0.3 is 15.0 Å². The Morgan fingerprint density at radius 2 is 1.90 bits per heavy atom. The standard InChI is InChI=1S/C22H28N4O2S2/c1-15-21(16-6-8-25(15)9-7-16)23-22(27)17-2-4-18(5-3-17)29-19-14-20(30-24-19)26-10-12-28-13-11-26/h2-5,14-16,21H,6-13H2,1H3,(H,23,27)/t15-,21-/m0/s1. The van der Waals surface area contributed by atoms with Crippen molar-refractivity contribution in [3.05, 3.63) is 35.9 Å². The minimum Gasteiger partial charge on any atom is -0.378 e. The summed E-state index contributed by atoms with van der Waals surface area (Å²) in [6.07, 6.45) is 2.40. The Hall–Kier alpha value is -1.61. The second-order valence-electron chi connectivity index (χ2n) is 8.34. The highest BCUT2D eigenvalue weighted by molar-refractivity contribution is 7.99. The Morgan fingerprint density at radius 1 is 1.17 bits per heavy atom. The zero-order valence-electron chi connectivity index (χ0n) is 17.3. The smallest absolute Gasteiger partial charge is 0.251 e. The first-order valence-corrected chi connectivity index (χ1v) is 12.4. The largest absolute Gasteiger partial charge is 0.378 e. The number of carbonyl (C=O) groups is 1. The summed E-state index contributed by atoms with van der Waals surface area (Å²) in [5.74, 6) is 0.662. The lowest BCUT2D eigenvalue weighted by molar-refractivity contribution is 0.0217. The van der Waals surface area contributed by atoms with Gasteiger partial charge in [0.15, 0.2) is 0 Å². The van der Waals surface area contributed by atoms with Crippen LogP contribution in [0.2, 0.25) is 0 Å². The zero-order chi connectivity index (χ0) is 20.5. The molecule has 4 fully saturated rings. The molecule has 2 aromatic rings. The molecule has 1 aromatic carbocycles. The van der Waals surface area contributed by atoms with Gasteiger partial charge in [0.1, 0.15) is 10.0 Å². The van der Waals surface area contributed by atoms with Gasteiger partial charge in [-0.15, -0.1) is 0 Å². The van der Waals surface area contributed by atoms with Crippen molar-refractivity contribution < 1.29 is 9.53 Å². The molecule has 0 saturated carbocycles. The second-order valence-corrected chi connectivity index (χ2v) is 10.2. The van der Waals surface area contributed by atoms with E-state index in [0.29, 0.717) is 12.0 Å². The second kappa shape index (κ2) is 8.86. The van der Waals surface area contributed by atoms with Crippen molar-refractivity contribution in [3.63, 3.8) is 0 Å². The molecule has 4 saturated heterocycles. The highest BCUT2D eigenvalue weighted by atomic mass is 32.2. The summed E-state index contributed by atoms with van der Waals surface area (Å²) in [6, 6.07) is 10.7. The molecule has 30 heavy (non-hydrogen) atoms. The molecule has 1 amide bonds. The van der Waals surface area contributed by atoms with E-state index in [1.807, 2.05) is 24.3 Å². The number of morpholine rings is 1. The van der Waals surface area contributed by atoms with E-state index in [4.69, 9.17) is 4.74 Å². The van der Waals surface area contributed by atoms with Crippen LogP contribution in [-0.2, 0) is 4.74 Å². The van der Waals surface area contributed by atoms with Gasteiger partial charge in [-0.05, 0) is 74.6 Å². The number of nitrogens with zero attached hydrogens (tertiary/aromatic N) is 3. The molecular formula is C22H28N4O2S2. The molecule has 0 unspecified atom stereocenters. The lowest BCUT2D eigenvalue weighted by Crippen LogP contribution is -2.62. The summed E-state index contributed by atoms with van der Waals surface area (Å²) in [6.45, 7) is 8.00. The summed E-state index contributed by atoms with van der Waals surface area (Å²) in [5, 5.41) is 5.51. The molecule has 0 aliphatic carbocycles. The lowest BCUT2D eigenvalue weighted by atomic mass is 9.79. The molecule has 0 spiro atoms. The first-order valence-electron chi connectivity index (χ1n) is 10.8. The topological polar surface area (TPSA) is 57.7 Å². The molecule has 8 heteroatoms. The molecule has 2 bridgehead atoms. The quantitative estimate of drug-likeness (QED) is 0.763. The maximum absolute atomic E-state index is 12.8. The number of fused-ring (bicyclic) bond motifs is 3. The van der Waals surface area contributed by atoms with Gasteiger partial charge in [-0.2, -0.15) is 4.37 Å². The van der Waals surface area contributed by atoms with Crippen LogP contribution in [0.15, 0.2) is 40.3 Å². The van der Waals surface area contributed by atoms with Gasteiger partial charge >= 0.3 is 0 Å². The van der Waals surface area contributed by atoms with Crippen LogP contribution < -0.4 is 10.2 Å². The van der Waals surface area contributed by atoms with Gasteiger partial charge in [-0.1, -0.05) is 11.8 Å². The van der Waals surface area contributed by atoms with Crippen LogP contribution in [0, 0.1) is 5.92 Å². The number of aromatic nitrogens is 1. The molecular weight excluding hydrogens is 416 g/mol. The summed E-state index contributed by atoms with van der Waals surface area (Å²) >= 11 is 3.18. The SMILES string of the molecule is C[C@H]1[C@H](NC(=O)c2ccc(Sc3cc(N4CCOCC4)sn3)cc2)C2CCN1CC2. The molecule has 6 rings (SSSR count). The third-order valence-corrected chi connectivity index (χ3v) is 8.51. The Morgan fingerprint density at radius 3 is 2.60 bits per heavy atom. The Balaban J connectivity index is 1.19. The highest BCUT2D eigenvalue weighted by Gasteiger charge is 2.40. The van der Waals surface area contributed by atoms with Crippen LogP contribution in [-0.4, -0.2) is 66.7 Å². The van der Waals surface area contributed by atoms with Gasteiger partial charge in [0.05, 0.1) is 13.2 Å². The van der Waals surface area contributed by atoms with Gasteiger partial charge in [-0.25, -0.2) is 0 Å². The van der Waals surface area contributed by atoms with Gasteiger partial charge in [0, 0.05) is 41.7 Å². The number of ether oxygens (including phenoxy) is 1. The number of rotatable bonds is 5. The highest BCUT2D eigenvalue weighted by Crippen LogP contribution is 2.34. The van der Waals surface area contributed by atoms with Crippen molar-refractivity contribution in [3.8, 4) is 0 Å². The molecule has 1 N–H and O–H groups in total. The van der Waals surface area contributed by atoms with Crippen LogP contribution >= 0.6 is 23.3 Å². The lowest BCUT2D eigenvalue weighted by Gasteiger charge is -2.49. The molecule has 1 aromatic heterocycles. The van der Waals surface area contributed by atoms with Crippen molar-refractivity contribution in [2.24, 2.45) is 5.92 Å².